The van der Waals surface area contributed by atoms with Crippen molar-refractivity contribution in [2.24, 2.45) is 11.8 Å². The van der Waals surface area contributed by atoms with Crippen molar-refractivity contribution >= 4 is 5.97 Å². The Hall–Kier alpha value is -0.570. The van der Waals surface area contributed by atoms with E-state index in [9.17, 15) is 4.79 Å². The van der Waals surface area contributed by atoms with Crippen LogP contribution >= 0.6 is 0 Å². The van der Waals surface area contributed by atoms with Crippen LogP contribution in [-0.2, 0) is 9.53 Å². The van der Waals surface area contributed by atoms with E-state index in [2.05, 4.69) is 0 Å². The van der Waals surface area contributed by atoms with Crippen molar-refractivity contribution in [1.29, 1.82) is 0 Å². The number of ether oxygens (including phenoxy) is 1. The smallest absolute Gasteiger partial charge is 0.333 e. The van der Waals surface area contributed by atoms with E-state index in [0.29, 0.717) is 12.5 Å². The van der Waals surface area contributed by atoms with Crippen LogP contribution in [0.3, 0.4) is 0 Å². The minimum Gasteiger partial charge on any atom is -0.479 e. The molecular formula is C8H14O3. The number of carbonyl (C=O) groups is 1. The molecule has 0 aliphatic carbocycles. The molecule has 0 aromatic rings. The number of carboxylic acids is 1. The third-order valence-electron chi connectivity index (χ3n) is 2.24. The highest BCUT2D eigenvalue weighted by Crippen LogP contribution is 2.27. The zero-order valence-corrected chi connectivity index (χ0v) is 6.91. The molecule has 3 heteroatoms. The average Bonchev–Trinajstić information content (AvgIpc) is 2.32. The minimum absolute atomic E-state index is 0.201. The molecular weight excluding hydrogens is 144 g/mol. The maximum absolute atomic E-state index is 10.6. The van der Waals surface area contributed by atoms with Crippen LogP contribution in [-0.4, -0.2) is 23.8 Å². The van der Waals surface area contributed by atoms with Gasteiger partial charge < -0.3 is 9.84 Å². The first-order chi connectivity index (χ1) is 5.13. The standard InChI is InChI=1S/C8H14O3/c1-5(2)6-3-4-11-7(6)8(9)10/h5-7H,3-4H2,1-2H3,(H,9,10)/t6-,7+/m0/s1. The summed E-state index contributed by atoms with van der Waals surface area (Å²) in [5.41, 5.74) is 0. The maximum atomic E-state index is 10.6. The molecule has 0 unspecified atom stereocenters. The van der Waals surface area contributed by atoms with Gasteiger partial charge in [-0.15, -0.1) is 0 Å². The Morgan fingerprint density at radius 1 is 1.64 bits per heavy atom. The predicted molar refractivity (Wildman–Crippen MR) is 40.3 cm³/mol. The van der Waals surface area contributed by atoms with Crippen LogP contribution in [0.1, 0.15) is 20.3 Å². The molecule has 1 aliphatic rings. The van der Waals surface area contributed by atoms with Crippen molar-refractivity contribution in [2.45, 2.75) is 26.4 Å². The van der Waals surface area contributed by atoms with Gasteiger partial charge in [-0.1, -0.05) is 13.8 Å². The molecule has 1 fully saturated rings. The van der Waals surface area contributed by atoms with Crippen molar-refractivity contribution < 1.29 is 14.6 Å². The van der Waals surface area contributed by atoms with Crippen molar-refractivity contribution in [1.82, 2.24) is 0 Å². The van der Waals surface area contributed by atoms with Gasteiger partial charge in [-0.05, 0) is 12.3 Å². The van der Waals surface area contributed by atoms with Gasteiger partial charge in [0.25, 0.3) is 0 Å². The van der Waals surface area contributed by atoms with Gasteiger partial charge in [-0.3, -0.25) is 0 Å². The molecule has 0 aromatic heterocycles. The molecule has 0 saturated carbocycles. The van der Waals surface area contributed by atoms with Gasteiger partial charge in [0, 0.05) is 12.5 Å². The van der Waals surface area contributed by atoms with Crippen LogP contribution in [0.25, 0.3) is 0 Å². The van der Waals surface area contributed by atoms with E-state index in [0.717, 1.165) is 6.42 Å². The highest BCUT2D eigenvalue weighted by atomic mass is 16.5. The highest BCUT2D eigenvalue weighted by Gasteiger charge is 2.35. The fourth-order valence-electron chi connectivity index (χ4n) is 1.54. The zero-order valence-electron chi connectivity index (χ0n) is 6.91. The van der Waals surface area contributed by atoms with Crippen LogP contribution in [0.15, 0.2) is 0 Å². The molecule has 0 amide bonds. The average molecular weight is 158 g/mol. The fraction of sp³-hybridized carbons (Fsp3) is 0.875. The van der Waals surface area contributed by atoms with E-state index in [-0.39, 0.29) is 5.92 Å². The lowest BCUT2D eigenvalue weighted by Crippen LogP contribution is -2.29. The normalized spacial score (nSPS) is 31.2. The number of carboxylic acid groups (broad SMARTS) is 1. The first-order valence-electron chi connectivity index (χ1n) is 3.97. The summed E-state index contributed by atoms with van der Waals surface area (Å²) in [4.78, 5) is 10.6. The summed E-state index contributed by atoms with van der Waals surface area (Å²) in [6.07, 6.45) is 0.323. The van der Waals surface area contributed by atoms with E-state index in [1.165, 1.54) is 0 Å². The zero-order chi connectivity index (χ0) is 8.43. The van der Waals surface area contributed by atoms with Crippen molar-refractivity contribution in [3.05, 3.63) is 0 Å². The van der Waals surface area contributed by atoms with E-state index in [4.69, 9.17) is 9.84 Å². The highest BCUT2D eigenvalue weighted by molar-refractivity contribution is 5.73. The van der Waals surface area contributed by atoms with Crippen LogP contribution in [0.4, 0.5) is 0 Å². The quantitative estimate of drug-likeness (QED) is 0.655. The molecule has 3 nitrogen and oxygen atoms in total. The lowest BCUT2D eigenvalue weighted by atomic mass is 9.90. The third-order valence-corrected chi connectivity index (χ3v) is 2.24. The van der Waals surface area contributed by atoms with Gasteiger partial charge in [0.05, 0.1) is 0 Å². The van der Waals surface area contributed by atoms with Crippen molar-refractivity contribution in [3.63, 3.8) is 0 Å². The number of hydrogen-bond acceptors (Lipinski definition) is 2. The first-order valence-corrected chi connectivity index (χ1v) is 3.97. The summed E-state index contributed by atoms with van der Waals surface area (Å²) in [6, 6.07) is 0. The summed E-state index contributed by atoms with van der Waals surface area (Å²) < 4.78 is 5.09. The lowest BCUT2D eigenvalue weighted by Gasteiger charge is -2.17. The van der Waals surface area contributed by atoms with Gasteiger partial charge in [-0.2, -0.15) is 0 Å². The van der Waals surface area contributed by atoms with Crippen LogP contribution < -0.4 is 0 Å². The maximum Gasteiger partial charge on any atom is 0.333 e. The second-order valence-electron chi connectivity index (χ2n) is 3.33. The second-order valence-corrected chi connectivity index (χ2v) is 3.33. The molecule has 11 heavy (non-hydrogen) atoms. The predicted octanol–water partition coefficient (Wildman–Crippen LogP) is 1.13. The lowest BCUT2D eigenvalue weighted by molar-refractivity contribution is -0.149. The van der Waals surface area contributed by atoms with Gasteiger partial charge in [0.15, 0.2) is 6.10 Å². The molecule has 64 valence electrons. The second kappa shape index (κ2) is 3.22. The molecule has 0 bridgehead atoms. The van der Waals surface area contributed by atoms with Crippen molar-refractivity contribution in [2.75, 3.05) is 6.61 Å². The topological polar surface area (TPSA) is 46.5 Å². The summed E-state index contributed by atoms with van der Waals surface area (Å²) in [6.45, 7) is 4.67. The largest absolute Gasteiger partial charge is 0.479 e. The van der Waals surface area contributed by atoms with Crippen molar-refractivity contribution in [3.8, 4) is 0 Å². The molecule has 2 atom stereocenters. The third kappa shape index (κ3) is 1.71. The summed E-state index contributed by atoms with van der Waals surface area (Å²) in [7, 11) is 0. The number of aliphatic carboxylic acids is 1. The van der Waals surface area contributed by atoms with Gasteiger partial charge in [0.1, 0.15) is 0 Å². The Balaban J connectivity index is 2.58. The molecule has 0 spiro atoms. The van der Waals surface area contributed by atoms with Gasteiger partial charge >= 0.3 is 5.97 Å². The number of rotatable bonds is 2. The van der Waals surface area contributed by atoms with E-state index >= 15 is 0 Å². The fourth-order valence-corrected chi connectivity index (χ4v) is 1.54. The molecule has 1 heterocycles. The Morgan fingerprint density at radius 3 is 2.64 bits per heavy atom. The van der Waals surface area contributed by atoms with E-state index in [1.807, 2.05) is 13.8 Å². The Labute approximate surface area is 66.4 Å². The van der Waals surface area contributed by atoms with E-state index < -0.39 is 12.1 Å². The monoisotopic (exact) mass is 158 g/mol. The molecule has 1 aliphatic heterocycles. The molecule has 1 saturated heterocycles. The minimum atomic E-state index is -0.818. The van der Waals surface area contributed by atoms with Crippen LogP contribution in [0, 0.1) is 11.8 Å². The Kier molecular flexibility index (Phi) is 2.49. The Bertz CT molecular complexity index is 153. The summed E-state index contributed by atoms with van der Waals surface area (Å²) >= 11 is 0. The van der Waals surface area contributed by atoms with Gasteiger partial charge in [0.2, 0.25) is 0 Å². The van der Waals surface area contributed by atoms with Crippen LogP contribution in [0.2, 0.25) is 0 Å². The van der Waals surface area contributed by atoms with Crippen LogP contribution in [0.5, 0.6) is 0 Å². The molecule has 1 rings (SSSR count). The number of hydrogen-bond donors (Lipinski definition) is 1. The van der Waals surface area contributed by atoms with Gasteiger partial charge in [-0.25, -0.2) is 4.79 Å². The molecule has 0 aromatic carbocycles. The molecule has 1 N–H and O–H groups in total. The van der Waals surface area contributed by atoms with E-state index in [1.54, 1.807) is 0 Å². The molecule has 0 radical (unpaired) electrons. The summed E-state index contributed by atoms with van der Waals surface area (Å²) in [5, 5.41) is 8.71. The SMILES string of the molecule is CC(C)[C@@H]1CCO[C@H]1C(=O)O. The Morgan fingerprint density at radius 2 is 2.27 bits per heavy atom. The summed E-state index contributed by atoms with van der Waals surface area (Å²) in [5.74, 6) is -0.215. The first kappa shape index (κ1) is 8.53.